The maximum absolute atomic E-state index is 13.4. The van der Waals surface area contributed by atoms with Crippen LogP contribution in [0.25, 0.3) is 0 Å². The van der Waals surface area contributed by atoms with Crippen molar-refractivity contribution >= 4 is 23.4 Å². The summed E-state index contributed by atoms with van der Waals surface area (Å²) in [5.74, 6) is 0.521. The number of amides is 1. The second kappa shape index (κ2) is 12.0. The molecule has 0 saturated carbocycles. The van der Waals surface area contributed by atoms with E-state index in [0.29, 0.717) is 31.9 Å². The lowest BCUT2D eigenvalue weighted by atomic mass is 9.98. The van der Waals surface area contributed by atoms with Gasteiger partial charge in [0, 0.05) is 26.5 Å². The third kappa shape index (κ3) is 5.94. The van der Waals surface area contributed by atoms with E-state index in [4.69, 9.17) is 14.5 Å². The summed E-state index contributed by atoms with van der Waals surface area (Å²) in [7, 11) is 1.84. The normalized spacial score (nSPS) is 20.6. The van der Waals surface area contributed by atoms with Crippen LogP contribution in [0.1, 0.15) is 52.0 Å². The van der Waals surface area contributed by atoms with Gasteiger partial charge in [-0.3, -0.25) is 19.7 Å². The van der Waals surface area contributed by atoms with E-state index in [0.717, 1.165) is 42.8 Å². The highest BCUT2D eigenvalue weighted by molar-refractivity contribution is 6.09. The van der Waals surface area contributed by atoms with E-state index in [-0.39, 0.29) is 18.0 Å². The molecule has 0 aromatic heterocycles. The van der Waals surface area contributed by atoms with Gasteiger partial charge in [-0.15, -0.1) is 0 Å². The van der Waals surface area contributed by atoms with Gasteiger partial charge in [-0.25, -0.2) is 4.79 Å². The molecule has 0 saturated heterocycles. The molecule has 0 spiro atoms. The molecule has 0 bridgehead atoms. The maximum Gasteiger partial charge on any atom is 0.333 e. The van der Waals surface area contributed by atoms with Gasteiger partial charge in [-0.05, 0) is 37.5 Å². The van der Waals surface area contributed by atoms with Gasteiger partial charge in [-0.1, -0.05) is 32.4 Å². The number of carbonyl (C=O) groups excluding carboxylic acids is 1. The summed E-state index contributed by atoms with van der Waals surface area (Å²) in [5.41, 5.74) is 1.84. The summed E-state index contributed by atoms with van der Waals surface area (Å²) < 4.78 is 11.2. The minimum Gasteiger partial charge on any atom is -0.492 e. The number of hydrazone groups is 1. The number of aliphatic imine (C=N–C) groups is 1. The Morgan fingerprint density at radius 1 is 1.15 bits per heavy atom. The van der Waals surface area contributed by atoms with Gasteiger partial charge in [0.25, 0.3) is 5.91 Å². The van der Waals surface area contributed by atoms with Gasteiger partial charge >= 0.3 is 5.97 Å². The summed E-state index contributed by atoms with van der Waals surface area (Å²) in [5, 5.41) is 15.6. The quantitative estimate of drug-likeness (QED) is 0.473. The Bertz CT molecular complexity index is 914. The molecule has 2 unspecified atom stereocenters. The van der Waals surface area contributed by atoms with Crippen LogP contribution in [0.5, 0.6) is 5.75 Å². The van der Waals surface area contributed by atoms with Gasteiger partial charge in [0.05, 0.1) is 12.3 Å². The molecule has 2 aliphatic heterocycles. The van der Waals surface area contributed by atoms with Crippen molar-refractivity contribution in [1.82, 2.24) is 9.91 Å². The second-order valence-electron chi connectivity index (χ2n) is 8.57. The first-order chi connectivity index (χ1) is 16.4. The molecule has 2 aliphatic rings. The predicted molar refractivity (Wildman–Crippen MR) is 130 cm³/mol. The number of hydrogen-bond donors (Lipinski definition) is 1. The number of ether oxygens (including phenoxy) is 2. The average molecular weight is 473 g/mol. The Morgan fingerprint density at radius 3 is 2.47 bits per heavy atom. The number of likely N-dealkylation sites (N-methyl/N-ethyl adjacent to an activating group) is 1. The van der Waals surface area contributed by atoms with E-state index >= 15 is 0 Å². The van der Waals surface area contributed by atoms with Gasteiger partial charge in [-0.2, -0.15) is 5.10 Å². The number of benzene rings is 1. The molecule has 1 amide bonds. The second-order valence-corrected chi connectivity index (χ2v) is 8.57. The number of rotatable bonds is 13. The highest BCUT2D eigenvalue weighted by Gasteiger charge is 2.46. The number of carboxylic acids is 1. The average Bonchev–Trinajstić information content (AvgIpc) is 3.12. The van der Waals surface area contributed by atoms with Crippen LogP contribution in [0, 0.1) is 0 Å². The molecule has 0 aliphatic carbocycles. The van der Waals surface area contributed by atoms with Crippen molar-refractivity contribution in [3.8, 4) is 5.75 Å². The van der Waals surface area contributed by atoms with E-state index in [1.54, 1.807) is 16.8 Å². The van der Waals surface area contributed by atoms with Gasteiger partial charge < -0.3 is 14.6 Å². The Morgan fingerprint density at radius 2 is 1.85 bits per heavy atom. The number of fused-ring (bicyclic) bond motifs is 1. The molecular weight excluding hydrogens is 436 g/mol. The third-order valence-electron chi connectivity index (χ3n) is 6.00. The standard InChI is InChI=1S/C25H36N4O5/c1-5-8-19-22-23(28(4)27-19)24(30)29(21(26-22)9-6-2)14-15-34-18-12-10-17(11-13-18)16-20(25(31)32)33-7-3/h10-13,20,22-23H,5-9,14-16H2,1-4H3,(H,31,32)/t20-,22?,23?/m0/s1. The largest absolute Gasteiger partial charge is 0.492 e. The lowest BCUT2D eigenvalue weighted by Gasteiger charge is -2.35. The Balaban J connectivity index is 1.61. The zero-order valence-electron chi connectivity index (χ0n) is 20.6. The topological polar surface area (TPSA) is 104 Å². The minimum atomic E-state index is -0.972. The highest BCUT2D eigenvalue weighted by Crippen LogP contribution is 2.27. The number of carboxylic acid groups (broad SMARTS) is 1. The summed E-state index contributed by atoms with van der Waals surface area (Å²) in [4.78, 5) is 31.3. The maximum atomic E-state index is 13.4. The SMILES string of the molecule is CCCC1=NN(C)C2C(=O)N(CCOc3ccc(C[C@H](OCC)C(=O)O)cc3)C(CCC)=NC12. The van der Waals surface area contributed by atoms with Gasteiger partial charge in [0.2, 0.25) is 0 Å². The van der Waals surface area contributed by atoms with Crippen molar-refractivity contribution in [2.24, 2.45) is 10.1 Å². The third-order valence-corrected chi connectivity index (χ3v) is 6.00. The van der Waals surface area contributed by atoms with E-state index in [1.165, 1.54) is 0 Å². The van der Waals surface area contributed by atoms with Crippen LogP contribution in [0.15, 0.2) is 34.4 Å². The fourth-order valence-electron chi connectivity index (χ4n) is 4.39. The van der Waals surface area contributed by atoms with Crippen LogP contribution >= 0.6 is 0 Å². The molecule has 0 fully saturated rings. The first kappa shape index (κ1) is 25.7. The monoisotopic (exact) mass is 472 g/mol. The zero-order chi connectivity index (χ0) is 24.7. The van der Waals surface area contributed by atoms with Gasteiger partial charge in [0.15, 0.2) is 12.1 Å². The van der Waals surface area contributed by atoms with E-state index < -0.39 is 12.1 Å². The summed E-state index contributed by atoms with van der Waals surface area (Å²) in [6, 6.07) is 6.73. The molecule has 3 atom stereocenters. The predicted octanol–water partition coefficient (Wildman–Crippen LogP) is 2.98. The molecular formula is C25H36N4O5. The molecule has 9 nitrogen and oxygen atoms in total. The molecule has 186 valence electrons. The molecule has 1 N–H and O–H groups in total. The molecule has 0 radical (unpaired) electrons. The van der Waals surface area contributed by atoms with Crippen LogP contribution in [-0.4, -0.2) is 83.4 Å². The lowest BCUT2D eigenvalue weighted by Crippen LogP contribution is -2.56. The van der Waals surface area contributed by atoms with Crippen LogP contribution in [0.4, 0.5) is 0 Å². The first-order valence-electron chi connectivity index (χ1n) is 12.1. The van der Waals surface area contributed by atoms with E-state index in [9.17, 15) is 14.7 Å². The van der Waals surface area contributed by atoms with Crippen molar-refractivity contribution in [2.45, 2.75) is 71.1 Å². The number of nitrogens with zero attached hydrogens (tertiary/aromatic N) is 4. The molecule has 1 aromatic rings. The number of amidine groups is 1. The van der Waals surface area contributed by atoms with E-state index in [2.05, 4.69) is 18.9 Å². The Labute approximate surface area is 201 Å². The molecule has 9 heteroatoms. The Kier molecular flexibility index (Phi) is 9.04. The number of aliphatic carboxylic acids is 1. The molecule has 3 rings (SSSR count). The van der Waals surface area contributed by atoms with Crippen LogP contribution < -0.4 is 4.74 Å². The summed E-state index contributed by atoms with van der Waals surface area (Å²) >= 11 is 0. The van der Waals surface area contributed by atoms with Crippen molar-refractivity contribution in [3.63, 3.8) is 0 Å². The van der Waals surface area contributed by atoms with Crippen molar-refractivity contribution in [2.75, 3.05) is 26.8 Å². The zero-order valence-corrected chi connectivity index (χ0v) is 20.6. The smallest absolute Gasteiger partial charge is 0.333 e. The van der Waals surface area contributed by atoms with Crippen molar-refractivity contribution in [3.05, 3.63) is 29.8 Å². The highest BCUT2D eigenvalue weighted by atomic mass is 16.5. The van der Waals surface area contributed by atoms with Crippen LogP contribution in [0.3, 0.4) is 0 Å². The number of carbonyl (C=O) groups is 2. The van der Waals surface area contributed by atoms with E-state index in [1.807, 2.05) is 31.3 Å². The van der Waals surface area contributed by atoms with Crippen LogP contribution in [0.2, 0.25) is 0 Å². The van der Waals surface area contributed by atoms with Crippen LogP contribution in [-0.2, 0) is 20.7 Å². The van der Waals surface area contributed by atoms with Gasteiger partial charge in [0.1, 0.15) is 24.2 Å². The fraction of sp³-hybridized carbons (Fsp3) is 0.600. The molecule has 2 heterocycles. The van der Waals surface area contributed by atoms with Crippen molar-refractivity contribution in [1.29, 1.82) is 0 Å². The van der Waals surface area contributed by atoms with Crippen molar-refractivity contribution < 1.29 is 24.2 Å². The molecule has 34 heavy (non-hydrogen) atoms. The summed E-state index contributed by atoms with van der Waals surface area (Å²) in [6.07, 6.45) is 2.88. The summed E-state index contributed by atoms with van der Waals surface area (Å²) in [6.45, 7) is 7.05. The number of hydrogen-bond acceptors (Lipinski definition) is 7. The first-order valence-corrected chi connectivity index (χ1v) is 12.1. The Hall–Kier alpha value is -2.94. The molecule has 1 aromatic carbocycles. The fourth-order valence-corrected chi connectivity index (χ4v) is 4.39. The minimum absolute atomic E-state index is 0.0235. The lowest BCUT2D eigenvalue weighted by molar-refractivity contribution is -0.150.